The summed E-state index contributed by atoms with van der Waals surface area (Å²) in [7, 11) is 0. The van der Waals surface area contributed by atoms with Crippen molar-refractivity contribution >= 4 is 11.6 Å². The molecule has 0 bridgehead atoms. The zero-order valence-electron chi connectivity index (χ0n) is 10.5. The Morgan fingerprint density at radius 1 is 1.10 bits per heavy atom. The summed E-state index contributed by atoms with van der Waals surface area (Å²) in [6, 6.07) is 7.00. The zero-order chi connectivity index (χ0) is 13.5. The van der Waals surface area contributed by atoms with Crippen LogP contribution in [-0.4, -0.2) is 16.8 Å². The number of nitrogens with zero attached hydrogens (tertiary/aromatic N) is 2. The van der Waals surface area contributed by atoms with E-state index in [9.17, 15) is 0 Å². The molecule has 2 aliphatic rings. The van der Waals surface area contributed by atoms with Gasteiger partial charge in [0.1, 0.15) is 16.7 Å². The van der Waals surface area contributed by atoms with Gasteiger partial charge in [0.05, 0.1) is 0 Å². The Labute approximate surface area is 120 Å². The van der Waals surface area contributed by atoms with Gasteiger partial charge in [0.2, 0.25) is 12.7 Å². The van der Waals surface area contributed by atoms with Gasteiger partial charge in [0.25, 0.3) is 0 Å². The molecule has 2 heterocycles. The molecule has 0 radical (unpaired) electrons. The van der Waals surface area contributed by atoms with Gasteiger partial charge in [-0.1, -0.05) is 11.6 Å². The molecule has 0 unspecified atom stereocenters. The number of fused-ring (bicyclic) bond motifs is 1. The lowest BCUT2D eigenvalue weighted by Gasteiger charge is -2.07. The largest absolute Gasteiger partial charge is 0.454 e. The SMILES string of the molecule is Clc1cc(Oc2ccc3c(c2)OCO3)nc(C2CC2)n1. The number of hydrogen-bond donors (Lipinski definition) is 0. The Morgan fingerprint density at radius 2 is 1.95 bits per heavy atom. The Kier molecular flexibility index (Phi) is 2.67. The first-order chi connectivity index (χ1) is 9.78. The van der Waals surface area contributed by atoms with E-state index in [1.54, 1.807) is 18.2 Å². The van der Waals surface area contributed by atoms with E-state index in [0.717, 1.165) is 24.4 Å². The predicted molar refractivity (Wildman–Crippen MR) is 71.7 cm³/mol. The summed E-state index contributed by atoms with van der Waals surface area (Å²) in [6.07, 6.45) is 2.23. The van der Waals surface area contributed by atoms with Crippen LogP contribution in [-0.2, 0) is 0 Å². The van der Waals surface area contributed by atoms with Crippen LogP contribution in [0.2, 0.25) is 5.15 Å². The number of hydrogen-bond acceptors (Lipinski definition) is 5. The molecule has 20 heavy (non-hydrogen) atoms. The molecule has 1 aliphatic carbocycles. The normalized spacial score (nSPS) is 16.2. The molecule has 0 N–H and O–H groups in total. The Hall–Kier alpha value is -2.01. The molecule has 1 saturated carbocycles. The molecule has 0 spiro atoms. The van der Waals surface area contributed by atoms with Gasteiger partial charge in [-0.3, -0.25) is 0 Å². The molecule has 0 saturated heterocycles. The monoisotopic (exact) mass is 290 g/mol. The van der Waals surface area contributed by atoms with Crippen LogP contribution in [0, 0.1) is 0 Å². The minimum Gasteiger partial charge on any atom is -0.454 e. The fourth-order valence-corrected chi connectivity index (χ4v) is 2.23. The molecule has 1 fully saturated rings. The molecular weight excluding hydrogens is 280 g/mol. The lowest BCUT2D eigenvalue weighted by Crippen LogP contribution is -1.96. The first-order valence-corrected chi connectivity index (χ1v) is 6.78. The van der Waals surface area contributed by atoms with E-state index in [1.807, 2.05) is 6.07 Å². The van der Waals surface area contributed by atoms with Crippen LogP contribution in [0.5, 0.6) is 23.1 Å². The first kappa shape index (κ1) is 11.8. The van der Waals surface area contributed by atoms with Gasteiger partial charge in [-0.15, -0.1) is 0 Å². The van der Waals surface area contributed by atoms with Crippen molar-refractivity contribution in [2.24, 2.45) is 0 Å². The molecule has 1 aliphatic heterocycles. The molecule has 0 atom stereocenters. The molecule has 102 valence electrons. The lowest BCUT2D eigenvalue weighted by molar-refractivity contribution is 0.174. The third-order valence-electron chi connectivity index (χ3n) is 3.20. The maximum atomic E-state index is 6.01. The third kappa shape index (κ3) is 2.25. The molecule has 0 amide bonds. The van der Waals surface area contributed by atoms with Crippen LogP contribution in [0.4, 0.5) is 0 Å². The first-order valence-electron chi connectivity index (χ1n) is 6.40. The maximum absolute atomic E-state index is 6.01. The van der Waals surface area contributed by atoms with Crippen LogP contribution < -0.4 is 14.2 Å². The summed E-state index contributed by atoms with van der Waals surface area (Å²) in [5, 5.41) is 0.401. The highest BCUT2D eigenvalue weighted by Crippen LogP contribution is 2.40. The highest BCUT2D eigenvalue weighted by atomic mass is 35.5. The van der Waals surface area contributed by atoms with Gasteiger partial charge in [0, 0.05) is 18.1 Å². The second-order valence-corrected chi connectivity index (χ2v) is 5.17. The zero-order valence-corrected chi connectivity index (χ0v) is 11.3. The van der Waals surface area contributed by atoms with Crippen molar-refractivity contribution in [1.82, 2.24) is 9.97 Å². The molecule has 1 aromatic carbocycles. The van der Waals surface area contributed by atoms with Crippen LogP contribution in [0.15, 0.2) is 24.3 Å². The average Bonchev–Trinajstić information content (AvgIpc) is 3.17. The summed E-state index contributed by atoms with van der Waals surface area (Å²) in [6.45, 7) is 0.240. The predicted octanol–water partition coefficient (Wildman–Crippen LogP) is 3.53. The van der Waals surface area contributed by atoms with Crippen molar-refractivity contribution in [2.75, 3.05) is 6.79 Å². The standard InChI is InChI=1S/C14H11ClN2O3/c15-12-6-13(17-14(16-12)8-1-2-8)20-9-3-4-10-11(5-9)19-7-18-10/h3-6,8H,1-2,7H2. The van der Waals surface area contributed by atoms with E-state index < -0.39 is 0 Å². The summed E-state index contributed by atoms with van der Waals surface area (Å²) >= 11 is 6.01. The van der Waals surface area contributed by atoms with E-state index in [0.29, 0.717) is 28.5 Å². The molecule has 5 nitrogen and oxygen atoms in total. The van der Waals surface area contributed by atoms with Gasteiger partial charge < -0.3 is 14.2 Å². The molecule has 2 aromatic rings. The Bertz CT molecular complexity index is 673. The molecule has 4 rings (SSSR count). The van der Waals surface area contributed by atoms with E-state index >= 15 is 0 Å². The fourth-order valence-electron chi connectivity index (χ4n) is 2.05. The van der Waals surface area contributed by atoms with Crippen LogP contribution in [0.3, 0.4) is 0 Å². The van der Waals surface area contributed by atoms with E-state index in [-0.39, 0.29) is 6.79 Å². The highest BCUT2D eigenvalue weighted by Gasteiger charge is 2.27. The number of rotatable bonds is 3. The average molecular weight is 291 g/mol. The van der Waals surface area contributed by atoms with Crippen molar-refractivity contribution in [2.45, 2.75) is 18.8 Å². The van der Waals surface area contributed by atoms with Crippen molar-refractivity contribution in [3.8, 4) is 23.1 Å². The van der Waals surface area contributed by atoms with E-state index in [1.165, 1.54) is 0 Å². The minimum absolute atomic E-state index is 0.240. The fraction of sp³-hybridized carbons (Fsp3) is 0.286. The summed E-state index contributed by atoms with van der Waals surface area (Å²) in [5.41, 5.74) is 0. The Morgan fingerprint density at radius 3 is 2.80 bits per heavy atom. The Balaban J connectivity index is 1.62. The second-order valence-electron chi connectivity index (χ2n) is 4.78. The number of ether oxygens (including phenoxy) is 3. The van der Waals surface area contributed by atoms with Crippen LogP contribution in [0.25, 0.3) is 0 Å². The van der Waals surface area contributed by atoms with Gasteiger partial charge in [-0.05, 0) is 25.0 Å². The van der Waals surface area contributed by atoms with Crippen molar-refractivity contribution in [3.05, 3.63) is 35.2 Å². The van der Waals surface area contributed by atoms with Gasteiger partial charge in [0.15, 0.2) is 11.5 Å². The minimum atomic E-state index is 0.240. The number of halogens is 1. The smallest absolute Gasteiger partial charge is 0.231 e. The van der Waals surface area contributed by atoms with Crippen LogP contribution >= 0.6 is 11.6 Å². The summed E-state index contributed by atoms with van der Waals surface area (Å²) in [5.74, 6) is 3.65. The summed E-state index contributed by atoms with van der Waals surface area (Å²) < 4.78 is 16.3. The van der Waals surface area contributed by atoms with Crippen LogP contribution in [0.1, 0.15) is 24.6 Å². The van der Waals surface area contributed by atoms with Crippen molar-refractivity contribution in [3.63, 3.8) is 0 Å². The third-order valence-corrected chi connectivity index (χ3v) is 3.39. The second kappa shape index (κ2) is 4.52. The van der Waals surface area contributed by atoms with Gasteiger partial charge in [-0.25, -0.2) is 4.98 Å². The quantitative estimate of drug-likeness (QED) is 0.810. The van der Waals surface area contributed by atoms with Gasteiger partial charge >= 0.3 is 0 Å². The topological polar surface area (TPSA) is 53.5 Å². The van der Waals surface area contributed by atoms with Crippen molar-refractivity contribution in [1.29, 1.82) is 0 Å². The number of aromatic nitrogens is 2. The van der Waals surface area contributed by atoms with E-state index in [2.05, 4.69) is 9.97 Å². The number of benzene rings is 1. The summed E-state index contributed by atoms with van der Waals surface area (Å²) in [4.78, 5) is 8.62. The maximum Gasteiger partial charge on any atom is 0.231 e. The molecule has 1 aromatic heterocycles. The lowest BCUT2D eigenvalue weighted by atomic mass is 10.3. The highest BCUT2D eigenvalue weighted by molar-refractivity contribution is 6.29. The van der Waals surface area contributed by atoms with E-state index in [4.69, 9.17) is 25.8 Å². The van der Waals surface area contributed by atoms with Gasteiger partial charge in [-0.2, -0.15) is 4.98 Å². The van der Waals surface area contributed by atoms with Crippen molar-refractivity contribution < 1.29 is 14.2 Å². The molecule has 6 heteroatoms. The molecular formula is C14H11ClN2O3.